The molecule has 1 aliphatic heterocycles. The van der Waals surface area contributed by atoms with Crippen LogP contribution in [0.3, 0.4) is 0 Å². The van der Waals surface area contributed by atoms with Gasteiger partial charge in [0.1, 0.15) is 0 Å². The van der Waals surface area contributed by atoms with Gasteiger partial charge in [0.05, 0.1) is 0 Å². The predicted octanol–water partition coefficient (Wildman–Crippen LogP) is -3.09. The first-order valence-corrected chi connectivity index (χ1v) is 13.1. The molecule has 0 amide bonds. The molecule has 18 nitrogen and oxygen atoms in total. The van der Waals surface area contributed by atoms with Crippen LogP contribution in [0.4, 0.5) is 0 Å². The summed E-state index contributed by atoms with van der Waals surface area (Å²) < 4.78 is 83.4. The summed E-state index contributed by atoms with van der Waals surface area (Å²) in [6.45, 7) is 0. The smallest absolute Gasteiger partial charge is 0.280 e. The molecule has 0 saturated carbocycles. The van der Waals surface area contributed by atoms with Crippen molar-refractivity contribution in [3.8, 4) is 0 Å². The van der Waals surface area contributed by atoms with Gasteiger partial charge in [0.15, 0.2) is 0 Å². The van der Waals surface area contributed by atoms with E-state index in [1.54, 1.807) is 0 Å². The van der Waals surface area contributed by atoms with Crippen LogP contribution in [0, 0.1) is 0 Å². The minimum atomic E-state index is -6.56. The Kier molecular flexibility index (Phi) is 8.66. The Hall–Kier alpha value is 1.59. The molecule has 0 radical (unpaired) electrons. The third kappa shape index (κ3) is 10.1. The van der Waals surface area contributed by atoms with E-state index in [0.29, 0.717) is 0 Å². The molecule has 0 atom stereocenters. The molecule has 0 aromatic carbocycles. The van der Waals surface area contributed by atoms with Gasteiger partial charge in [0.2, 0.25) is 0 Å². The maximum absolute atomic E-state index is 11.0. The van der Waals surface area contributed by atoms with Gasteiger partial charge in [-0.05, 0) is 0 Å². The molecule has 1 saturated heterocycles. The monoisotopic (exact) mass is 658 g/mol. The molecule has 1 fully saturated rings. The summed E-state index contributed by atoms with van der Waals surface area (Å²) in [5, 5.41) is 0. The quantitative estimate of drug-likeness (QED) is 0.233. The predicted molar refractivity (Wildman–Crippen MR) is 52.1 cm³/mol. The van der Waals surface area contributed by atoms with Gasteiger partial charge in [-0.1, -0.05) is 0 Å². The zero-order valence-corrected chi connectivity index (χ0v) is 18.7. The van der Waals surface area contributed by atoms with E-state index in [2.05, 4.69) is 25.9 Å². The Morgan fingerprint density at radius 3 is 0.520 bits per heavy atom. The largest absolute Gasteiger partial charge is 0.756 e. The Balaban J connectivity index is 0.00000576. The molecule has 0 spiro atoms. The summed E-state index contributed by atoms with van der Waals surface area (Å²) in [7, 11) is -39.3. The van der Waals surface area contributed by atoms with Gasteiger partial charge in [-0.15, -0.1) is 0 Å². The molecule has 150 valence electrons. The van der Waals surface area contributed by atoms with Crippen molar-refractivity contribution in [3.05, 3.63) is 0 Å². The second-order valence-corrected chi connectivity index (χ2v) is 12.5. The first kappa shape index (κ1) is 26.6. The SMILES string of the molecule is O=P1([O-])OP(=O)([O-])OP(=O)([O-])OP(=O)([O-])OP(=O)([O-])OP(=O)([O-])O1.[W]. The van der Waals surface area contributed by atoms with Crippen LogP contribution in [0.15, 0.2) is 0 Å². The van der Waals surface area contributed by atoms with Crippen LogP contribution >= 0.6 is 46.9 Å². The summed E-state index contributed by atoms with van der Waals surface area (Å²) in [6.07, 6.45) is 0. The zero-order valence-electron chi connectivity index (χ0n) is 10.4. The minimum absolute atomic E-state index is 0. The molecule has 0 N–H and O–H groups in total. The normalized spacial score (nSPS) is 53.0. The molecule has 0 bridgehead atoms. The topological polar surface area (TPSA) is 296 Å². The fourth-order valence-electron chi connectivity index (χ4n) is 0.824. The van der Waals surface area contributed by atoms with Gasteiger partial charge in [-0.25, -0.2) is 25.9 Å². The van der Waals surface area contributed by atoms with Crippen LogP contribution in [0.5, 0.6) is 0 Å². The van der Waals surface area contributed by atoms with E-state index in [-0.39, 0.29) is 21.1 Å². The molecule has 25 heavy (non-hydrogen) atoms. The summed E-state index contributed by atoms with van der Waals surface area (Å²) >= 11 is 0. The number of hydrogen-bond donors (Lipinski definition) is 0. The third-order valence-corrected chi connectivity index (χ3v) is 10.8. The van der Waals surface area contributed by atoms with Crippen molar-refractivity contribution in [2.45, 2.75) is 0 Å². The van der Waals surface area contributed by atoms with E-state index in [4.69, 9.17) is 0 Å². The van der Waals surface area contributed by atoms with Crippen LogP contribution in [-0.2, 0) is 74.3 Å². The van der Waals surface area contributed by atoms with Gasteiger partial charge < -0.3 is 29.4 Å². The average molecular weight is 658 g/mol. The van der Waals surface area contributed by atoms with Crippen molar-refractivity contribution in [1.82, 2.24) is 0 Å². The second-order valence-electron chi connectivity index (χ2n) is 3.17. The Bertz CT molecular complexity index is 581. The van der Waals surface area contributed by atoms with Gasteiger partial charge in [-0.2, -0.15) is 0 Å². The summed E-state index contributed by atoms with van der Waals surface area (Å²) in [6, 6.07) is 0. The molecular weight excluding hydrogens is 658 g/mol. The molecule has 0 aliphatic carbocycles. The maximum atomic E-state index is 11.0. The summed E-state index contributed by atoms with van der Waals surface area (Å²) in [5.41, 5.74) is 0. The van der Waals surface area contributed by atoms with E-state index in [1.165, 1.54) is 0 Å². The van der Waals surface area contributed by atoms with Crippen molar-refractivity contribution in [2.75, 3.05) is 0 Å². The van der Waals surface area contributed by atoms with Gasteiger partial charge in [-0.3, -0.25) is 27.4 Å². The van der Waals surface area contributed by atoms with Crippen LogP contribution in [-0.4, -0.2) is 0 Å². The number of rotatable bonds is 0. The molecule has 1 heterocycles. The molecule has 25 heteroatoms. The molecule has 0 unspecified atom stereocenters. The van der Waals surface area contributed by atoms with Crippen molar-refractivity contribution < 1.29 is 104 Å². The van der Waals surface area contributed by atoms with E-state index in [1.807, 2.05) is 0 Å². The number of phosphoric acid groups is 6. The van der Waals surface area contributed by atoms with E-state index in [0.717, 1.165) is 0 Å². The Morgan fingerprint density at radius 1 is 0.360 bits per heavy atom. The molecule has 1 rings (SSSR count). The average Bonchev–Trinajstić information content (AvgIpc) is 1.98. The summed E-state index contributed by atoms with van der Waals surface area (Å²) in [4.78, 5) is 65.8. The fraction of sp³-hybridized carbons (Fsp3) is 0. The van der Waals surface area contributed by atoms with Gasteiger partial charge in [0, 0.05) is 21.1 Å². The second kappa shape index (κ2) is 8.14. The molecular formula is O18P6W-6. The van der Waals surface area contributed by atoms with Crippen LogP contribution < -0.4 is 29.4 Å². The fourth-order valence-corrected chi connectivity index (χ4v) is 9.03. The first-order chi connectivity index (χ1) is 10.2. The minimum Gasteiger partial charge on any atom is -0.756 e. The van der Waals surface area contributed by atoms with Crippen LogP contribution in [0.2, 0.25) is 0 Å². The standard InChI is InChI=1S/H6O18P6.W/c1-19(2)13-20(3,4)15-22(7,8)17-24(11,12)18-23(9,10)16-21(5,6)14-19;/h(H,1,2)(H,3,4)(H,5,6)(H,7,8)(H,9,10)(H,11,12);/p-6. The molecule has 1 aliphatic rings. The van der Waals surface area contributed by atoms with E-state index in [9.17, 15) is 56.8 Å². The van der Waals surface area contributed by atoms with Crippen molar-refractivity contribution in [1.29, 1.82) is 0 Å². The first-order valence-electron chi connectivity index (χ1n) is 4.38. The maximum Gasteiger partial charge on any atom is 0.280 e. The zero-order chi connectivity index (χ0) is 19.2. The van der Waals surface area contributed by atoms with Gasteiger partial charge in [0.25, 0.3) is 46.9 Å². The van der Waals surface area contributed by atoms with Crippen molar-refractivity contribution >= 4 is 46.9 Å². The molecule has 0 aromatic heterocycles. The Labute approximate surface area is 151 Å². The van der Waals surface area contributed by atoms with Crippen molar-refractivity contribution in [3.63, 3.8) is 0 Å². The van der Waals surface area contributed by atoms with Crippen LogP contribution in [0.1, 0.15) is 0 Å². The number of hydrogen-bond acceptors (Lipinski definition) is 18. The van der Waals surface area contributed by atoms with Crippen LogP contribution in [0.25, 0.3) is 0 Å². The summed E-state index contributed by atoms with van der Waals surface area (Å²) in [5.74, 6) is 0. The van der Waals surface area contributed by atoms with E-state index < -0.39 is 46.9 Å². The van der Waals surface area contributed by atoms with E-state index >= 15 is 0 Å². The Morgan fingerprint density at radius 2 is 0.440 bits per heavy atom. The third-order valence-electron chi connectivity index (χ3n) is 1.20. The molecule has 0 aromatic rings. The van der Waals surface area contributed by atoms with Gasteiger partial charge >= 0.3 is 0 Å². The van der Waals surface area contributed by atoms with Crippen molar-refractivity contribution in [2.24, 2.45) is 0 Å².